The van der Waals surface area contributed by atoms with Gasteiger partial charge >= 0.3 is 0 Å². The molecule has 1 aromatic carbocycles. The Morgan fingerprint density at radius 1 is 0.593 bits per heavy atom. The number of hydrogen-bond acceptors (Lipinski definition) is 20. The van der Waals surface area contributed by atoms with Gasteiger partial charge in [-0.25, -0.2) is 0 Å². The van der Waals surface area contributed by atoms with Gasteiger partial charge in [0.1, 0.15) is 67.1 Å². The quantitative estimate of drug-likeness (QED) is 0.0655. The van der Waals surface area contributed by atoms with Gasteiger partial charge in [-0.3, -0.25) is 0 Å². The highest BCUT2D eigenvalue weighted by Gasteiger charge is 2.55. The van der Waals surface area contributed by atoms with Gasteiger partial charge in [0.15, 0.2) is 18.9 Å². The lowest BCUT2D eigenvalue weighted by atomic mass is 9.84. The largest absolute Gasteiger partial charge is 0.394 e. The van der Waals surface area contributed by atoms with Gasteiger partial charge in [0, 0.05) is 25.2 Å². The molecule has 20 nitrogen and oxygen atoms in total. The molecular weight excluding hydrogens is 718 g/mol. The summed E-state index contributed by atoms with van der Waals surface area (Å²) in [5, 5.41) is 73.3. The summed E-state index contributed by atoms with van der Waals surface area (Å²) in [6.45, 7) is -0.816. The maximum atomic E-state index is 11.3. The summed E-state index contributed by atoms with van der Waals surface area (Å²) in [7, 11) is 0. The molecule has 0 amide bonds. The first-order valence-corrected chi connectivity index (χ1v) is 18.4. The van der Waals surface area contributed by atoms with Gasteiger partial charge < -0.3 is 102 Å². The van der Waals surface area contributed by atoms with Gasteiger partial charge in [0.25, 0.3) is 0 Å². The normalized spacial score (nSPS) is 44.4. The molecule has 310 valence electrons. The maximum absolute atomic E-state index is 11.3. The van der Waals surface area contributed by atoms with Gasteiger partial charge in [-0.1, -0.05) is 30.3 Å². The standard InChI is InChI=1S/C34H59N5O15/c35-12-18-24(43)26(45)21(38)32(49-18)53-29-20(14-41)51-34(31(29)48-10-9-47-8-4-7-15-5-2-1-3-6-15)54-30-23(42)16(36)11-17(37)28(30)52-33-22(39)27(46)25(44)19(13-40)50-33/h1-3,5-6,16-34,40-46H,4,7-14,35-39H2/t16-,17+,18+,19-,20-,21-,22-,23+,24-,25-,26-,27-,28-,29-,30-,31-,32-,33-,34+/m1/s1. The zero-order valence-electron chi connectivity index (χ0n) is 30.0. The summed E-state index contributed by atoms with van der Waals surface area (Å²) in [5.74, 6) is 0. The lowest BCUT2D eigenvalue weighted by Gasteiger charge is -2.47. The summed E-state index contributed by atoms with van der Waals surface area (Å²) in [4.78, 5) is 0. The zero-order chi connectivity index (χ0) is 39.1. The van der Waals surface area contributed by atoms with E-state index < -0.39 is 129 Å². The second-order valence-corrected chi connectivity index (χ2v) is 14.2. The van der Waals surface area contributed by atoms with Gasteiger partial charge in [-0.05, 0) is 24.8 Å². The molecule has 17 N–H and O–H groups in total. The predicted octanol–water partition coefficient (Wildman–Crippen LogP) is -6.19. The third-order valence-corrected chi connectivity index (χ3v) is 10.4. The van der Waals surface area contributed by atoms with Crippen LogP contribution in [0.25, 0.3) is 0 Å². The van der Waals surface area contributed by atoms with E-state index in [1.54, 1.807) is 0 Å². The fourth-order valence-electron chi connectivity index (χ4n) is 7.22. The fourth-order valence-corrected chi connectivity index (χ4v) is 7.22. The molecule has 4 aliphatic rings. The van der Waals surface area contributed by atoms with Crippen LogP contribution in [0.5, 0.6) is 0 Å². The number of nitrogens with two attached hydrogens (primary N) is 5. The molecule has 1 aliphatic carbocycles. The van der Waals surface area contributed by atoms with Crippen molar-refractivity contribution >= 4 is 0 Å². The number of rotatable bonds is 17. The Morgan fingerprint density at radius 2 is 1.17 bits per heavy atom. The van der Waals surface area contributed by atoms with E-state index in [1.807, 2.05) is 30.3 Å². The third kappa shape index (κ3) is 10.1. The van der Waals surface area contributed by atoms with Crippen molar-refractivity contribution in [2.24, 2.45) is 28.7 Å². The Hall–Kier alpha value is -1.58. The molecule has 54 heavy (non-hydrogen) atoms. The van der Waals surface area contributed by atoms with E-state index in [-0.39, 0.29) is 26.2 Å². The highest BCUT2D eigenvalue weighted by atomic mass is 16.8. The van der Waals surface area contributed by atoms with Crippen LogP contribution in [0.3, 0.4) is 0 Å². The number of aryl methyl sites for hydroxylation is 1. The topological polar surface area (TPSA) is 346 Å². The second-order valence-electron chi connectivity index (χ2n) is 14.2. The fraction of sp³-hybridized carbons (Fsp3) is 0.824. The van der Waals surface area contributed by atoms with Gasteiger partial charge in [0.2, 0.25) is 0 Å². The molecule has 3 heterocycles. The lowest BCUT2D eigenvalue weighted by molar-refractivity contribution is -0.312. The van der Waals surface area contributed by atoms with Crippen LogP contribution in [0.1, 0.15) is 18.4 Å². The first kappa shape index (κ1) is 43.5. The van der Waals surface area contributed by atoms with Crippen LogP contribution >= 0.6 is 0 Å². The van der Waals surface area contributed by atoms with Crippen molar-refractivity contribution in [3.63, 3.8) is 0 Å². The minimum Gasteiger partial charge on any atom is -0.394 e. The minimum atomic E-state index is -1.53. The number of aliphatic hydroxyl groups excluding tert-OH is 7. The Morgan fingerprint density at radius 3 is 1.80 bits per heavy atom. The van der Waals surface area contributed by atoms with Gasteiger partial charge in [0.05, 0.1) is 44.6 Å². The Bertz CT molecular complexity index is 1250. The van der Waals surface area contributed by atoms with Crippen molar-refractivity contribution in [3.05, 3.63) is 35.9 Å². The molecule has 0 bridgehead atoms. The molecule has 0 aromatic heterocycles. The molecule has 3 saturated heterocycles. The van der Waals surface area contributed by atoms with Crippen LogP contribution < -0.4 is 28.7 Å². The van der Waals surface area contributed by atoms with Crippen molar-refractivity contribution < 1.29 is 73.6 Å². The van der Waals surface area contributed by atoms with Crippen LogP contribution in [-0.4, -0.2) is 192 Å². The average Bonchev–Trinajstić information content (AvgIpc) is 3.50. The van der Waals surface area contributed by atoms with Crippen LogP contribution in [-0.2, 0) is 44.3 Å². The van der Waals surface area contributed by atoms with E-state index in [4.69, 9.17) is 66.6 Å². The molecule has 1 aromatic rings. The zero-order valence-corrected chi connectivity index (χ0v) is 30.0. The molecule has 0 radical (unpaired) electrons. The summed E-state index contributed by atoms with van der Waals surface area (Å²) in [6.07, 6.45) is -17.9. The van der Waals surface area contributed by atoms with Crippen LogP contribution in [0.4, 0.5) is 0 Å². The number of hydrogen-bond donors (Lipinski definition) is 12. The van der Waals surface area contributed by atoms with E-state index in [1.165, 1.54) is 5.56 Å². The predicted molar refractivity (Wildman–Crippen MR) is 186 cm³/mol. The van der Waals surface area contributed by atoms with E-state index in [0.717, 1.165) is 12.8 Å². The van der Waals surface area contributed by atoms with Gasteiger partial charge in [-0.15, -0.1) is 0 Å². The molecule has 20 heteroatoms. The minimum absolute atomic E-state index is 0.00127. The van der Waals surface area contributed by atoms with Crippen molar-refractivity contribution in [2.75, 3.05) is 39.6 Å². The smallest absolute Gasteiger partial charge is 0.187 e. The molecular formula is C34H59N5O15. The van der Waals surface area contributed by atoms with Crippen LogP contribution in [0, 0.1) is 0 Å². The summed E-state index contributed by atoms with van der Waals surface area (Å²) >= 11 is 0. The maximum Gasteiger partial charge on any atom is 0.187 e. The first-order chi connectivity index (χ1) is 25.9. The first-order valence-electron chi connectivity index (χ1n) is 18.4. The summed E-state index contributed by atoms with van der Waals surface area (Å²) in [5.41, 5.74) is 32.0. The molecule has 5 rings (SSSR count). The van der Waals surface area contributed by atoms with E-state index >= 15 is 0 Å². The molecule has 0 unspecified atom stereocenters. The van der Waals surface area contributed by atoms with Crippen molar-refractivity contribution in [1.82, 2.24) is 0 Å². The third-order valence-electron chi connectivity index (χ3n) is 10.4. The Balaban J connectivity index is 1.33. The van der Waals surface area contributed by atoms with Crippen molar-refractivity contribution in [2.45, 2.75) is 136 Å². The van der Waals surface area contributed by atoms with E-state index in [2.05, 4.69) is 0 Å². The number of aliphatic hydroxyl groups is 7. The van der Waals surface area contributed by atoms with Crippen LogP contribution in [0.2, 0.25) is 0 Å². The van der Waals surface area contributed by atoms with Gasteiger partial charge in [-0.2, -0.15) is 0 Å². The molecule has 19 atom stereocenters. The molecule has 3 aliphatic heterocycles. The Labute approximate surface area is 313 Å². The summed E-state index contributed by atoms with van der Waals surface area (Å²) in [6, 6.07) is 5.68. The second kappa shape index (κ2) is 20.2. The molecule has 4 fully saturated rings. The highest BCUT2D eigenvalue weighted by molar-refractivity contribution is 5.14. The number of ether oxygens (including phenoxy) is 8. The summed E-state index contributed by atoms with van der Waals surface area (Å²) < 4.78 is 48.3. The lowest BCUT2D eigenvalue weighted by Crippen LogP contribution is -2.68. The molecule has 0 spiro atoms. The average molecular weight is 778 g/mol. The molecule has 1 saturated carbocycles. The highest BCUT2D eigenvalue weighted by Crippen LogP contribution is 2.35. The Kier molecular flexibility index (Phi) is 16.3. The SMILES string of the molecule is NC[C@@H]1O[C@H](O[C@H]2[C@@H](OCCOCCCc3ccccc3)[C@H](O[C@@H]3[C@@H](O)[C@H](N)C[C@H](N)[C@H]3O[C@H]3O[C@H](CO)[C@@H](O)[C@H](O)[C@H]3N)O[C@@H]2CO)[C@H](N)[C@@H](O)[C@@H]1O. The van der Waals surface area contributed by atoms with Crippen molar-refractivity contribution in [1.29, 1.82) is 0 Å². The van der Waals surface area contributed by atoms with E-state index in [9.17, 15) is 35.7 Å². The van der Waals surface area contributed by atoms with E-state index in [0.29, 0.717) is 6.61 Å². The number of benzene rings is 1. The monoisotopic (exact) mass is 777 g/mol. The van der Waals surface area contributed by atoms with Crippen LogP contribution in [0.15, 0.2) is 30.3 Å². The van der Waals surface area contributed by atoms with Crippen molar-refractivity contribution in [3.8, 4) is 0 Å².